The van der Waals surface area contributed by atoms with Gasteiger partial charge in [-0.15, -0.1) is 0 Å². The molecule has 2 aromatic rings. The normalized spacial score (nSPS) is 19.3. The highest BCUT2D eigenvalue weighted by Crippen LogP contribution is 2.38. The lowest BCUT2D eigenvalue weighted by Gasteiger charge is -2.35. The molecule has 1 amide bonds. The van der Waals surface area contributed by atoms with E-state index in [1.54, 1.807) is 14.1 Å². The van der Waals surface area contributed by atoms with Crippen LogP contribution in [0, 0.1) is 0 Å². The Hall–Kier alpha value is -3.19. The van der Waals surface area contributed by atoms with E-state index in [0.717, 1.165) is 12.3 Å². The fourth-order valence-corrected chi connectivity index (χ4v) is 3.83. The number of amides is 1. The van der Waals surface area contributed by atoms with E-state index >= 15 is 0 Å². The van der Waals surface area contributed by atoms with Crippen molar-refractivity contribution in [2.45, 2.75) is 12.3 Å². The van der Waals surface area contributed by atoms with Crippen LogP contribution in [0.4, 0.5) is 30.8 Å². The van der Waals surface area contributed by atoms with Crippen LogP contribution in [-0.4, -0.2) is 92.0 Å². The summed E-state index contributed by atoms with van der Waals surface area (Å²) < 4.78 is 52.5. The number of nitrogens with two attached hydrogens (primary N) is 1. The maximum Gasteiger partial charge on any atom is 0.417 e. The third-order valence-electron chi connectivity index (χ3n) is 5.61. The van der Waals surface area contributed by atoms with Gasteiger partial charge in [-0.2, -0.15) is 18.2 Å². The van der Waals surface area contributed by atoms with Crippen molar-refractivity contribution in [1.82, 2.24) is 19.9 Å². The van der Waals surface area contributed by atoms with Gasteiger partial charge < -0.3 is 29.9 Å². The maximum absolute atomic E-state index is 13.8. The van der Waals surface area contributed by atoms with Crippen LogP contribution in [0.15, 0.2) is 18.3 Å². The Bertz CT molecular complexity index is 1040. The fraction of sp³-hybridized carbons (Fsp3) is 0.524. The number of morpholine rings is 2. The van der Waals surface area contributed by atoms with Crippen molar-refractivity contribution < 1.29 is 27.4 Å². The molecule has 0 radical (unpaired) electrons. The van der Waals surface area contributed by atoms with Crippen LogP contribution in [0.25, 0.3) is 11.3 Å². The van der Waals surface area contributed by atoms with Crippen molar-refractivity contribution >= 4 is 23.5 Å². The molecule has 2 fully saturated rings. The average Bonchev–Trinajstić information content (AvgIpc) is 2.83. The second-order valence-electron chi connectivity index (χ2n) is 8.20. The number of carbonyl (C=O) groups is 1. The molecule has 0 aromatic carbocycles. The highest BCUT2D eigenvalue weighted by Gasteiger charge is 2.36. The minimum Gasteiger partial charge on any atom is -0.384 e. The van der Waals surface area contributed by atoms with Crippen LogP contribution >= 0.6 is 0 Å². The van der Waals surface area contributed by atoms with E-state index in [1.165, 1.54) is 11.0 Å². The first-order valence-corrected chi connectivity index (χ1v) is 10.8. The molecule has 4 heterocycles. The topological polar surface area (TPSA) is 110 Å². The Balaban J connectivity index is 1.78. The van der Waals surface area contributed by atoms with Crippen molar-refractivity contribution in [3.05, 3.63) is 23.9 Å². The summed E-state index contributed by atoms with van der Waals surface area (Å²) in [4.78, 5) is 30.5. The van der Waals surface area contributed by atoms with Gasteiger partial charge in [0, 0.05) is 51.6 Å². The van der Waals surface area contributed by atoms with Gasteiger partial charge >= 0.3 is 6.18 Å². The smallest absolute Gasteiger partial charge is 0.384 e. The molecule has 10 nitrogen and oxygen atoms in total. The largest absolute Gasteiger partial charge is 0.417 e. The van der Waals surface area contributed by atoms with E-state index in [0.29, 0.717) is 38.7 Å². The van der Waals surface area contributed by atoms with E-state index in [-0.39, 0.29) is 42.1 Å². The van der Waals surface area contributed by atoms with Gasteiger partial charge in [0.05, 0.1) is 37.6 Å². The van der Waals surface area contributed by atoms with Crippen LogP contribution in [0.5, 0.6) is 0 Å². The zero-order valence-corrected chi connectivity index (χ0v) is 18.9. The molecule has 2 saturated heterocycles. The minimum atomic E-state index is -4.65. The Morgan fingerprint density at radius 1 is 1.12 bits per heavy atom. The van der Waals surface area contributed by atoms with Gasteiger partial charge in [-0.1, -0.05) is 0 Å². The van der Waals surface area contributed by atoms with Crippen LogP contribution in [0.2, 0.25) is 0 Å². The van der Waals surface area contributed by atoms with Crippen molar-refractivity contribution in [3.63, 3.8) is 0 Å². The Morgan fingerprint density at radius 2 is 1.82 bits per heavy atom. The molecule has 1 atom stereocenters. The van der Waals surface area contributed by atoms with Crippen molar-refractivity contribution in [1.29, 1.82) is 0 Å². The number of hydrogen-bond acceptors (Lipinski definition) is 9. The van der Waals surface area contributed by atoms with Gasteiger partial charge in [0.1, 0.15) is 11.6 Å². The first-order valence-electron chi connectivity index (χ1n) is 10.8. The lowest BCUT2D eigenvalue weighted by Crippen LogP contribution is -2.50. The summed E-state index contributed by atoms with van der Waals surface area (Å²) in [5.74, 6) is 0.241. The van der Waals surface area contributed by atoms with Crippen molar-refractivity contribution in [2.24, 2.45) is 0 Å². The molecule has 0 bridgehead atoms. The number of aromatic nitrogens is 3. The fourth-order valence-electron chi connectivity index (χ4n) is 3.83. The number of nitrogen functional groups attached to an aromatic ring is 1. The number of pyridine rings is 1. The highest BCUT2D eigenvalue weighted by molar-refractivity contribution is 5.81. The molecule has 2 N–H and O–H groups in total. The summed E-state index contributed by atoms with van der Waals surface area (Å²) in [7, 11) is 3.27. The van der Waals surface area contributed by atoms with Crippen molar-refractivity contribution in [3.8, 4) is 11.3 Å². The Kier molecular flexibility index (Phi) is 6.75. The summed E-state index contributed by atoms with van der Waals surface area (Å²) in [6.07, 6.45) is -4.29. The summed E-state index contributed by atoms with van der Waals surface area (Å²) in [5.41, 5.74) is 4.47. The van der Waals surface area contributed by atoms with Gasteiger partial charge in [0.25, 0.3) is 5.91 Å². The molecular weight excluding hydrogens is 455 g/mol. The predicted molar refractivity (Wildman–Crippen MR) is 118 cm³/mol. The molecule has 4 rings (SSSR count). The van der Waals surface area contributed by atoms with E-state index < -0.39 is 17.8 Å². The molecule has 2 aromatic heterocycles. The number of alkyl halides is 3. The number of halogens is 3. The molecule has 0 aliphatic carbocycles. The monoisotopic (exact) mass is 481 g/mol. The molecule has 0 spiro atoms. The maximum atomic E-state index is 13.8. The number of likely N-dealkylation sites (N-methyl/N-ethyl adjacent to an activating group) is 1. The average molecular weight is 481 g/mol. The van der Waals surface area contributed by atoms with Gasteiger partial charge in [-0.3, -0.25) is 4.79 Å². The van der Waals surface area contributed by atoms with Gasteiger partial charge in [0.2, 0.25) is 5.95 Å². The molecule has 184 valence electrons. The molecule has 2 aliphatic rings. The SMILES string of the molecule is CN(C)C(=O)C1CN(c2cc(-c3cnc(N)cc3C(F)(F)F)nc(N3CCOCC3)n2)CCO1. The van der Waals surface area contributed by atoms with E-state index in [9.17, 15) is 18.0 Å². The zero-order valence-electron chi connectivity index (χ0n) is 18.9. The molecular formula is C21H26F3N7O3. The van der Waals surface area contributed by atoms with E-state index in [1.807, 2.05) is 9.80 Å². The number of nitrogens with zero attached hydrogens (tertiary/aromatic N) is 6. The third kappa shape index (κ3) is 5.14. The van der Waals surface area contributed by atoms with Gasteiger partial charge in [-0.25, -0.2) is 9.97 Å². The summed E-state index contributed by atoms with van der Waals surface area (Å²) >= 11 is 0. The summed E-state index contributed by atoms with van der Waals surface area (Å²) in [5, 5.41) is 0. The molecule has 13 heteroatoms. The Labute approximate surface area is 194 Å². The third-order valence-corrected chi connectivity index (χ3v) is 5.61. The minimum absolute atomic E-state index is 0.0632. The molecule has 1 unspecified atom stereocenters. The van der Waals surface area contributed by atoms with Gasteiger partial charge in [0.15, 0.2) is 6.10 Å². The summed E-state index contributed by atoms with van der Waals surface area (Å²) in [6, 6.07) is 2.28. The summed E-state index contributed by atoms with van der Waals surface area (Å²) in [6.45, 7) is 2.81. The second kappa shape index (κ2) is 9.58. The number of rotatable bonds is 4. The lowest BCUT2D eigenvalue weighted by molar-refractivity contribution is -0.141. The van der Waals surface area contributed by atoms with Crippen LogP contribution in [-0.2, 0) is 20.4 Å². The van der Waals surface area contributed by atoms with Crippen LogP contribution < -0.4 is 15.5 Å². The van der Waals surface area contributed by atoms with Crippen molar-refractivity contribution in [2.75, 3.05) is 75.6 Å². The highest BCUT2D eigenvalue weighted by atomic mass is 19.4. The standard InChI is InChI=1S/C21H26F3N7O3/c1-29(2)19(32)16-12-31(5-8-34-16)18-10-15(27-20(28-18)30-3-6-33-7-4-30)13-11-26-17(25)9-14(13)21(22,23)24/h9-11,16H,3-8,12H2,1-2H3,(H2,25,26). The molecule has 0 saturated carbocycles. The quantitative estimate of drug-likeness (QED) is 0.690. The van der Waals surface area contributed by atoms with E-state index in [2.05, 4.69) is 15.0 Å². The predicted octanol–water partition coefficient (Wildman–Crippen LogP) is 1.27. The lowest BCUT2D eigenvalue weighted by atomic mass is 10.1. The number of hydrogen-bond donors (Lipinski definition) is 1. The zero-order chi connectivity index (χ0) is 24.5. The van der Waals surface area contributed by atoms with E-state index in [4.69, 9.17) is 15.2 Å². The first kappa shape index (κ1) is 24.0. The second-order valence-corrected chi connectivity index (χ2v) is 8.20. The molecule has 34 heavy (non-hydrogen) atoms. The number of carbonyl (C=O) groups excluding carboxylic acids is 1. The number of anilines is 3. The first-order chi connectivity index (χ1) is 16.1. The number of ether oxygens (including phenoxy) is 2. The molecule has 2 aliphatic heterocycles. The van der Waals surface area contributed by atoms with Crippen LogP contribution in [0.3, 0.4) is 0 Å². The van der Waals surface area contributed by atoms with Gasteiger partial charge in [-0.05, 0) is 6.07 Å². The van der Waals surface area contributed by atoms with Crippen LogP contribution in [0.1, 0.15) is 5.56 Å². The Morgan fingerprint density at radius 3 is 2.50 bits per heavy atom.